The van der Waals surface area contributed by atoms with Crippen LogP contribution in [0.2, 0.25) is 0 Å². The molecule has 1 heterocycles. The van der Waals surface area contributed by atoms with Crippen molar-refractivity contribution in [3.8, 4) is 11.4 Å². The van der Waals surface area contributed by atoms with Gasteiger partial charge in [0.05, 0.1) is 13.8 Å². The largest absolute Gasteiger partial charge is 0.497 e. The number of para-hydroxylation sites is 1. The number of rotatable bonds is 6. The molecule has 2 aromatic carbocycles. The van der Waals surface area contributed by atoms with Gasteiger partial charge in [0, 0.05) is 12.2 Å². The molecule has 0 N–H and O–H groups in total. The molecule has 0 radical (unpaired) electrons. The Balaban J connectivity index is 1.72. The van der Waals surface area contributed by atoms with E-state index in [2.05, 4.69) is 16.1 Å². The van der Waals surface area contributed by atoms with Crippen molar-refractivity contribution in [1.82, 2.24) is 19.2 Å². The molecule has 0 aliphatic carbocycles. The Morgan fingerprint density at radius 1 is 1.12 bits per heavy atom. The van der Waals surface area contributed by atoms with E-state index in [4.69, 9.17) is 17.0 Å². The van der Waals surface area contributed by atoms with Crippen molar-refractivity contribution in [3.05, 3.63) is 71.3 Å². The maximum atomic E-state index is 5.55. The molecule has 0 amide bonds. The van der Waals surface area contributed by atoms with Crippen molar-refractivity contribution in [3.63, 3.8) is 0 Å². The maximum Gasteiger partial charge on any atom is 0.203 e. The second-order valence-corrected chi connectivity index (χ2v) is 5.99. The first kappa shape index (κ1) is 16.4. The molecular weight excluding hydrogens is 320 g/mol. The maximum absolute atomic E-state index is 5.55. The van der Waals surface area contributed by atoms with E-state index in [0.717, 1.165) is 18.0 Å². The van der Waals surface area contributed by atoms with Crippen LogP contribution in [-0.4, -0.2) is 33.4 Å². The van der Waals surface area contributed by atoms with Crippen LogP contribution in [0.4, 0.5) is 0 Å². The molecule has 0 spiro atoms. The van der Waals surface area contributed by atoms with Crippen LogP contribution in [0.15, 0.2) is 60.9 Å². The standard InChI is InChI=1S/C18H20N4OS/c1-20(12-15-7-6-10-17(11-15)23-2)14-22-18(24)21(13-19-22)16-8-4-3-5-9-16/h3-11,13H,12,14H2,1-2H3. The third kappa shape index (κ3) is 3.72. The van der Waals surface area contributed by atoms with E-state index in [9.17, 15) is 0 Å². The first-order chi connectivity index (χ1) is 11.7. The minimum Gasteiger partial charge on any atom is -0.497 e. The summed E-state index contributed by atoms with van der Waals surface area (Å²) in [6.45, 7) is 1.41. The zero-order valence-corrected chi connectivity index (χ0v) is 14.6. The van der Waals surface area contributed by atoms with Gasteiger partial charge in [0.1, 0.15) is 12.1 Å². The van der Waals surface area contributed by atoms with E-state index < -0.39 is 0 Å². The SMILES string of the molecule is COc1cccc(CN(C)Cn2ncn(-c3ccccc3)c2=S)c1. The summed E-state index contributed by atoms with van der Waals surface area (Å²) in [6, 6.07) is 18.1. The predicted octanol–water partition coefficient (Wildman–Crippen LogP) is 3.50. The van der Waals surface area contributed by atoms with Crippen LogP contribution in [0.25, 0.3) is 5.69 Å². The summed E-state index contributed by atoms with van der Waals surface area (Å²) in [5, 5.41) is 4.42. The highest BCUT2D eigenvalue weighted by atomic mass is 32.1. The summed E-state index contributed by atoms with van der Waals surface area (Å²) >= 11 is 5.55. The summed E-state index contributed by atoms with van der Waals surface area (Å²) in [4.78, 5) is 2.16. The number of benzene rings is 2. The normalized spacial score (nSPS) is 11.0. The molecule has 124 valence electrons. The number of hydrogen-bond acceptors (Lipinski definition) is 4. The molecule has 1 aromatic heterocycles. The molecule has 6 heteroatoms. The summed E-state index contributed by atoms with van der Waals surface area (Å²) in [5.41, 5.74) is 2.20. The summed E-state index contributed by atoms with van der Waals surface area (Å²) in [5.74, 6) is 0.867. The monoisotopic (exact) mass is 340 g/mol. The lowest BCUT2D eigenvalue weighted by Crippen LogP contribution is -2.22. The van der Waals surface area contributed by atoms with E-state index in [1.165, 1.54) is 5.56 Å². The second-order valence-electron chi connectivity index (χ2n) is 5.63. The van der Waals surface area contributed by atoms with E-state index in [1.54, 1.807) is 13.4 Å². The highest BCUT2D eigenvalue weighted by molar-refractivity contribution is 7.71. The number of aromatic nitrogens is 3. The number of hydrogen-bond donors (Lipinski definition) is 0. The van der Waals surface area contributed by atoms with Crippen LogP contribution in [0.1, 0.15) is 5.56 Å². The molecule has 3 aromatic rings. The van der Waals surface area contributed by atoms with Crippen LogP contribution in [0.3, 0.4) is 0 Å². The summed E-state index contributed by atoms with van der Waals surface area (Å²) < 4.78 is 9.68. The fourth-order valence-corrected chi connectivity index (χ4v) is 2.82. The fourth-order valence-electron chi connectivity index (χ4n) is 2.56. The zero-order chi connectivity index (χ0) is 16.9. The molecule has 0 saturated heterocycles. The van der Waals surface area contributed by atoms with Gasteiger partial charge in [-0.2, -0.15) is 5.10 Å². The van der Waals surface area contributed by atoms with Crippen LogP contribution < -0.4 is 4.74 Å². The van der Waals surface area contributed by atoms with Gasteiger partial charge < -0.3 is 4.74 Å². The highest BCUT2D eigenvalue weighted by Crippen LogP contribution is 2.14. The number of ether oxygens (including phenoxy) is 1. The van der Waals surface area contributed by atoms with Crippen molar-refractivity contribution < 1.29 is 4.74 Å². The lowest BCUT2D eigenvalue weighted by Gasteiger charge is -2.17. The topological polar surface area (TPSA) is 35.2 Å². The van der Waals surface area contributed by atoms with E-state index >= 15 is 0 Å². The third-order valence-electron chi connectivity index (χ3n) is 3.73. The quantitative estimate of drug-likeness (QED) is 0.643. The van der Waals surface area contributed by atoms with E-state index in [0.29, 0.717) is 11.4 Å². The molecule has 3 rings (SSSR count). The van der Waals surface area contributed by atoms with E-state index in [-0.39, 0.29) is 0 Å². The average Bonchev–Trinajstić information content (AvgIpc) is 2.96. The Bertz CT molecular complexity index is 857. The van der Waals surface area contributed by atoms with Crippen molar-refractivity contribution in [2.45, 2.75) is 13.2 Å². The Labute approximate surface area is 146 Å². The van der Waals surface area contributed by atoms with Crippen molar-refractivity contribution in [2.75, 3.05) is 14.2 Å². The van der Waals surface area contributed by atoms with E-state index in [1.807, 2.05) is 64.8 Å². The third-order valence-corrected chi connectivity index (χ3v) is 4.14. The number of nitrogens with zero attached hydrogens (tertiary/aromatic N) is 4. The van der Waals surface area contributed by atoms with Gasteiger partial charge >= 0.3 is 0 Å². The zero-order valence-electron chi connectivity index (χ0n) is 13.8. The summed E-state index contributed by atoms with van der Waals surface area (Å²) in [7, 11) is 3.72. The van der Waals surface area contributed by atoms with Gasteiger partial charge in [-0.25, -0.2) is 4.68 Å². The highest BCUT2D eigenvalue weighted by Gasteiger charge is 2.07. The minimum absolute atomic E-state index is 0.621. The average molecular weight is 340 g/mol. The smallest absolute Gasteiger partial charge is 0.203 e. The molecule has 24 heavy (non-hydrogen) atoms. The molecule has 0 saturated carbocycles. The second kappa shape index (κ2) is 7.42. The van der Waals surface area contributed by atoms with Crippen molar-refractivity contribution in [2.24, 2.45) is 0 Å². The van der Waals surface area contributed by atoms with Gasteiger partial charge in [0.2, 0.25) is 4.77 Å². The predicted molar refractivity (Wildman–Crippen MR) is 96.8 cm³/mol. The van der Waals surface area contributed by atoms with Crippen LogP contribution in [0.5, 0.6) is 5.75 Å². The molecule has 0 aliphatic heterocycles. The van der Waals surface area contributed by atoms with Gasteiger partial charge in [-0.3, -0.25) is 9.47 Å². The van der Waals surface area contributed by atoms with Gasteiger partial charge in [-0.05, 0) is 49.1 Å². The Kier molecular flexibility index (Phi) is 5.08. The Morgan fingerprint density at radius 2 is 1.92 bits per heavy atom. The first-order valence-electron chi connectivity index (χ1n) is 7.69. The fraction of sp³-hybridized carbons (Fsp3) is 0.222. The molecule has 0 unspecified atom stereocenters. The lowest BCUT2D eigenvalue weighted by atomic mass is 10.2. The molecule has 0 atom stereocenters. The molecule has 5 nitrogen and oxygen atoms in total. The molecular formula is C18H20N4OS. The van der Waals surface area contributed by atoms with Gasteiger partial charge in [0.25, 0.3) is 0 Å². The Hall–Kier alpha value is -2.44. The molecule has 0 fully saturated rings. The minimum atomic E-state index is 0.621. The van der Waals surface area contributed by atoms with Gasteiger partial charge in [-0.1, -0.05) is 30.3 Å². The van der Waals surface area contributed by atoms with Crippen LogP contribution in [0, 0.1) is 4.77 Å². The van der Waals surface area contributed by atoms with Crippen molar-refractivity contribution >= 4 is 12.2 Å². The van der Waals surface area contributed by atoms with Gasteiger partial charge in [0.15, 0.2) is 0 Å². The molecule has 0 bridgehead atoms. The first-order valence-corrected chi connectivity index (χ1v) is 8.09. The van der Waals surface area contributed by atoms with Gasteiger partial charge in [-0.15, -0.1) is 0 Å². The van der Waals surface area contributed by atoms with Crippen LogP contribution in [-0.2, 0) is 13.2 Å². The van der Waals surface area contributed by atoms with Crippen molar-refractivity contribution in [1.29, 1.82) is 0 Å². The summed E-state index contributed by atoms with van der Waals surface area (Å²) in [6.07, 6.45) is 1.76. The lowest BCUT2D eigenvalue weighted by molar-refractivity contribution is 0.244. The number of methoxy groups -OCH3 is 1. The Morgan fingerprint density at radius 3 is 2.67 bits per heavy atom. The van der Waals surface area contributed by atoms with Crippen LogP contribution >= 0.6 is 12.2 Å². The molecule has 0 aliphatic rings.